The van der Waals surface area contributed by atoms with Crippen LogP contribution >= 0.6 is 11.6 Å². The number of benzene rings is 4. The van der Waals surface area contributed by atoms with Crippen molar-refractivity contribution in [2.24, 2.45) is 0 Å². The predicted octanol–water partition coefficient (Wildman–Crippen LogP) is 7.23. The molecule has 0 fully saturated rings. The summed E-state index contributed by atoms with van der Waals surface area (Å²) in [6.45, 7) is 7.72. The number of hydrogen-bond acceptors (Lipinski definition) is 14. The van der Waals surface area contributed by atoms with Crippen LogP contribution in [0.25, 0.3) is 11.3 Å². The number of nitro benzene ring substituents is 2. The third-order valence-corrected chi connectivity index (χ3v) is 8.36. The van der Waals surface area contributed by atoms with E-state index < -0.39 is 17.0 Å². The van der Waals surface area contributed by atoms with Crippen molar-refractivity contribution < 1.29 is 38.8 Å². The van der Waals surface area contributed by atoms with Crippen molar-refractivity contribution in [3.05, 3.63) is 158 Å². The van der Waals surface area contributed by atoms with Crippen LogP contribution in [0.1, 0.15) is 50.2 Å². The first-order valence-electron chi connectivity index (χ1n) is 18.5. The van der Waals surface area contributed by atoms with Gasteiger partial charge in [0.25, 0.3) is 0 Å². The smallest absolute Gasteiger partial charge is 0.491 e. The van der Waals surface area contributed by atoms with Gasteiger partial charge >= 0.3 is 18.5 Å². The molecule has 0 saturated heterocycles. The molecule has 2 heterocycles. The Balaban J connectivity index is 0.000000214. The Morgan fingerprint density at radius 1 is 0.633 bits per heavy atom. The van der Waals surface area contributed by atoms with Crippen molar-refractivity contribution >= 4 is 35.6 Å². The van der Waals surface area contributed by atoms with E-state index in [4.69, 9.17) is 40.6 Å². The molecule has 4 aromatic carbocycles. The van der Waals surface area contributed by atoms with Crippen molar-refractivity contribution in [3.8, 4) is 34.3 Å². The molecule has 2 N–H and O–H groups in total. The van der Waals surface area contributed by atoms with Gasteiger partial charge in [-0.05, 0) is 81.3 Å². The first-order valence-corrected chi connectivity index (χ1v) is 18.8. The second-order valence-electron chi connectivity index (χ2n) is 13.3. The zero-order valence-corrected chi connectivity index (χ0v) is 34.5. The fourth-order valence-corrected chi connectivity index (χ4v) is 5.76. The van der Waals surface area contributed by atoms with Crippen molar-refractivity contribution in [2.45, 2.75) is 52.7 Å². The maximum Gasteiger partial charge on any atom is 0.492 e. The Bertz CT molecular complexity index is 2370. The van der Waals surface area contributed by atoms with Gasteiger partial charge in [0.2, 0.25) is 0 Å². The number of ether oxygens (including phenoxy) is 4. The summed E-state index contributed by atoms with van der Waals surface area (Å²) in [5, 5.41) is 40.5. The van der Waals surface area contributed by atoms with Crippen LogP contribution in [0.4, 0.5) is 11.4 Å². The summed E-state index contributed by atoms with van der Waals surface area (Å²) in [5.74, 6) is 1.74. The van der Waals surface area contributed by atoms with Crippen molar-refractivity contribution in [3.63, 3.8) is 0 Å². The van der Waals surface area contributed by atoms with Crippen LogP contribution in [-0.4, -0.2) is 73.4 Å². The third-order valence-electron chi connectivity index (χ3n) is 8.15. The van der Waals surface area contributed by atoms with Gasteiger partial charge < -0.3 is 29.0 Å². The minimum atomic E-state index is -1.48. The highest BCUT2D eigenvalue weighted by atomic mass is 35.5. The molecule has 312 valence electrons. The summed E-state index contributed by atoms with van der Waals surface area (Å²) in [4.78, 5) is 37.8. The largest absolute Gasteiger partial charge is 0.492 e. The molecule has 2 aromatic heterocycles. The molecule has 0 aliphatic heterocycles. The van der Waals surface area contributed by atoms with Crippen molar-refractivity contribution in [1.82, 2.24) is 19.9 Å². The summed E-state index contributed by atoms with van der Waals surface area (Å²) >= 11 is 5.76. The van der Waals surface area contributed by atoms with Crippen LogP contribution in [0.15, 0.2) is 110 Å². The number of nitro groups is 2. The van der Waals surface area contributed by atoms with E-state index in [1.165, 1.54) is 39.0 Å². The minimum absolute atomic E-state index is 0.0277. The zero-order valence-electron chi connectivity index (χ0n) is 33.8. The molecule has 6 aromatic rings. The Morgan fingerprint density at radius 2 is 1.12 bits per heavy atom. The van der Waals surface area contributed by atoms with Gasteiger partial charge in [-0.15, -0.1) is 0 Å². The fraction of sp³-hybridized carbons (Fsp3) is 0.238. The van der Waals surface area contributed by atoms with Crippen LogP contribution < -0.4 is 24.4 Å². The maximum absolute atomic E-state index is 11.2. The molecule has 0 bridgehead atoms. The summed E-state index contributed by atoms with van der Waals surface area (Å²) in [7, 11) is 1.33. The van der Waals surface area contributed by atoms with Crippen LogP contribution in [0, 0.1) is 20.2 Å². The molecule has 0 radical (unpaired) electrons. The van der Waals surface area contributed by atoms with Gasteiger partial charge in [-0.1, -0.05) is 54.1 Å². The first-order chi connectivity index (χ1) is 28.7. The second-order valence-corrected chi connectivity index (χ2v) is 13.7. The van der Waals surface area contributed by atoms with Crippen molar-refractivity contribution in [1.29, 1.82) is 0 Å². The van der Waals surface area contributed by atoms with E-state index in [1.807, 2.05) is 58.0 Å². The van der Waals surface area contributed by atoms with Gasteiger partial charge in [0.15, 0.2) is 11.5 Å². The lowest BCUT2D eigenvalue weighted by Crippen LogP contribution is -2.32. The van der Waals surface area contributed by atoms with E-state index in [1.54, 1.807) is 54.6 Å². The molecule has 18 heteroatoms. The number of halogens is 1. The molecule has 6 rings (SSSR count). The molecule has 0 atom stereocenters. The SMILES string of the molecule is CC(C)Oc1ccccc1B(O)O.COc1ccc(Cc2cc(-c3ccccc3OC(C)C)ncn2)cc1[N+](=O)[O-].COc1ccc(Cc2cc(Cl)ncn2)cc1[N+](=O)[O-]. The molecule has 0 spiro atoms. The molecule has 0 amide bonds. The minimum Gasteiger partial charge on any atom is -0.491 e. The quantitative estimate of drug-likeness (QED) is 0.0479. The van der Waals surface area contributed by atoms with E-state index in [2.05, 4.69) is 19.9 Å². The fourth-order valence-electron chi connectivity index (χ4n) is 5.59. The average Bonchev–Trinajstić information content (AvgIpc) is 3.21. The maximum atomic E-state index is 11.2. The van der Waals surface area contributed by atoms with Crippen molar-refractivity contribution in [2.75, 3.05) is 14.2 Å². The van der Waals surface area contributed by atoms with Crippen LogP contribution in [-0.2, 0) is 12.8 Å². The van der Waals surface area contributed by atoms with Gasteiger partial charge in [0.05, 0.1) is 42.0 Å². The summed E-state index contributed by atoms with van der Waals surface area (Å²) in [6.07, 6.45) is 3.80. The molecular weight excluding hydrogens is 795 g/mol. The van der Waals surface area contributed by atoms with Gasteiger partial charge in [-0.3, -0.25) is 20.2 Å². The highest BCUT2D eigenvalue weighted by molar-refractivity contribution is 6.59. The first kappa shape index (κ1) is 46.0. The Morgan fingerprint density at radius 3 is 1.62 bits per heavy atom. The lowest BCUT2D eigenvalue weighted by Gasteiger charge is -2.14. The molecule has 0 saturated carbocycles. The van der Waals surface area contributed by atoms with Gasteiger partial charge in [-0.25, -0.2) is 19.9 Å². The number of aromatic nitrogens is 4. The number of para-hydroxylation sites is 2. The van der Waals surface area contributed by atoms with Crippen LogP contribution in [0.2, 0.25) is 5.15 Å². The zero-order chi connectivity index (χ0) is 43.8. The topological polar surface area (TPSA) is 215 Å². The van der Waals surface area contributed by atoms with Gasteiger partial charge in [0, 0.05) is 47.4 Å². The lowest BCUT2D eigenvalue weighted by molar-refractivity contribution is -0.385. The Kier molecular flexibility index (Phi) is 17.2. The highest BCUT2D eigenvalue weighted by Gasteiger charge is 2.18. The van der Waals surface area contributed by atoms with E-state index in [0.29, 0.717) is 34.9 Å². The number of rotatable bonds is 14. The Labute approximate surface area is 352 Å². The molecule has 60 heavy (non-hydrogen) atoms. The monoisotopic (exact) mass is 838 g/mol. The molecule has 0 unspecified atom stereocenters. The van der Waals surface area contributed by atoms with E-state index in [9.17, 15) is 20.2 Å². The second kappa shape index (κ2) is 22.5. The van der Waals surface area contributed by atoms with E-state index >= 15 is 0 Å². The summed E-state index contributed by atoms with van der Waals surface area (Å²) < 4.78 is 21.3. The number of hydrogen-bond donors (Lipinski definition) is 2. The standard InChI is InChI=1S/C21H21N3O4.C12H10ClN3O3.C9H13BO3/c1-14(2)28-20-7-5-4-6-17(20)18-12-16(22-13-23-18)10-15-8-9-21(27-3)19(11-15)24(25)26;1-19-11-3-2-8(5-10(11)16(17)18)4-9-6-12(13)15-7-14-9;1-7(2)13-9-6-4-3-5-8(9)10(11)12/h4-9,11-14H,10H2,1-3H3;2-3,5-7H,4H2,1H3;3-7,11-12H,1-2H3. The van der Waals surface area contributed by atoms with Gasteiger partial charge in [-0.2, -0.15) is 0 Å². The molecule has 0 aliphatic rings. The summed E-state index contributed by atoms with van der Waals surface area (Å²) in [5.41, 5.74) is 4.85. The predicted molar refractivity (Wildman–Crippen MR) is 227 cm³/mol. The van der Waals surface area contributed by atoms with E-state index in [0.717, 1.165) is 33.8 Å². The Hall–Kier alpha value is -6.69. The van der Waals surface area contributed by atoms with Crippen LogP contribution in [0.3, 0.4) is 0 Å². The highest BCUT2D eigenvalue weighted by Crippen LogP contribution is 2.32. The summed E-state index contributed by atoms with van der Waals surface area (Å²) in [6, 6.07) is 27.8. The number of nitrogens with zero attached hydrogens (tertiary/aromatic N) is 6. The molecule has 16 nitrogen and oxygen atoms in total. The lowest BCUT2D eigenvalue weighted by atomic mass is 9.79. The van der Waals surface area contributed by atoms with Crippen LogP contribution in [0.5, 0.6) is 23.0 Å². The third kappa shape index (κ3) is 13.7. The normalized spacial score (nSPS) is 10.4. The molecule has 0 aliphatic carbocycles. The van der Waals surface area contributed by atoms with Gasteiger partial charge in [0.1, 0.15) is 29.3 Å². The van der Waals surface area contributed by atoms with E-state index in [-0.39, 0.29) is 35.1 Å². The molecular formula is C42H44BClN6O10. The number of methoxy groups -OCH3 is 2. The average molecular weight is 839 g/mol.